The maximum Gasteiger partial charge on any atom is 0.275 e. The SMILES string of the molecule is CCCc1nc(NC2=C(C)C(=O)NC2=O)c2c(C)c(-c3ccc(OCCN(C)C)cc3)sc2n1. The lowest BCUT2D eigenvalue weighted by molar-refractivity contribution is -0.124. The summed E-state index contributed by atoms with van der Waals surface area (Å²) in [6, 6.07) is 8.05. The van der Waals surface area contributed by atoms with Crippen LogP contribution in [0.2, 0.25) is 0 Å². The van der Waals surface area contributed by atoms with Crippen molar-refractivity contribution in [1.29, 1.82) is 0 Å². The van der Waals surface area contributed by atoms with Crippen LogP contribution in [0, 0.1) is 6.92 Å². The molecule has 4 rings (SSSR count). The normalized spacial score (nSPS) is 13.8. The smallest absolute Gasteiger partial charge is 0.275 e. The molecule has 8 nitrogen and oxygen atoms in total. The van der Waals surface area contributed by atoms with Crippen molar-refractivity contribution in [3.8, 4) is 16.2 Å². The minimum atomic E-state index is -0.440. The Kier molecular flexibility index (Phi) is 6.95. The quantitative estimate of drug-likeness (QED) is 0.449. The van der Waals surface area contributed by atoms with Gasteiger partial charge in [0.1, 0.15) is 34.5 Å². The maximum atomic E-state index is 12.3. The Balaban J connectivity index is 1.71. The highest BCUT2D eigenvalue weighted by molar-refractivity contribution is 7.22. The summed E-state index contributed by atoms with van der Waals surface area (Å²) >= 11 is 1.60. The van der Waals surface area contributed by atoms with E-state index in [1.54, 1.807) is 18.3 Å². The Morgan fingerprint density at radius 1 is 1.09 bits per heavy atom. The molecule has 2 amide bonds. The van der Waals surface area contributed by atoms with Gasteiger partial charge < -0.3 is 15.0 Å². The second-order valence-electron chi connectivity index (χ2n) is 8.56. The number of carbonyl (C=O) groups excluding carboxylic acids is 2. The molecule has 0 aliphatic carbocycles. The Hall–Kier alpha value is -3.30. The van der Waals surface area contributed by atoms with Crippen LogP contribution >= 0.6 is 11.3 Å². The van der Waals surface area contributed by atoms with Crippen molar-refractivity contribution in [3.05, 3.63) is 46.9 Å². The minimum absolute atomic E-state index is 0.235. The molecule has 1 aromatic carbocycles. The van der Waals surface area contributed by atoms with E-state index in [0.29, 0.717) is 23.8 Å². The van der Waals surface area contributed by atoms with Crippen molar-refractivity contribution < 1.29 is 14.3 Å². The molecule has 3 aromatic rings. The Morgan fingerprint density at radius 2 is 1.82 bits per heavy atom. The fourth-order valence-corrected chi connectivity index (χ4v) is 4.95. The third kappa shape index (κ3) is 4.80. The Morgan fingerprint density at radius 3 is 2.44 bits per heavy atom. The predicted octanol–water partition coefficient (Wildman–Crippen LogP) is 3.90. The lowest BCUT2D eigenvalue weighted by Crippen LogP contribution is -2.24. The number of thiophene rings is 1. The largest absolute Gasteiger partial charge is 0.492 e. The van der Waals surface area contributed by atoms with E-state index in [-0.39, 0.29) is 11.6 Å². The maximum absolute atomic E-state index is 12.3. The molecule has 1 aliphatic heterocycles. The number of hydrogen-bond acceptors (Lipinski definition) is 8. The zero-order valence-electron chi connectivity index (χ0n) is 20.1. The van der Waals surface area contributed by atoms with E-state index in [4.69, 9.17) is 14.7 Å². The molecule has 1 aliphatic rings. The lowest BCUT2D eigenvalue weighted by Gasteiger charge is -2.11. The van der Waals surface area contributed by atoms with E-state index in [1.165, 1.54) is 0 Å². The number of rotatable bonds is 9. The van der Waals surface area contributed by atoms with Gasteiger partial charge in [-0.1, -0.05) is 6.92 Å². The van der Waals surface area contributed by atoms with E-state index >= 15 is 0 Å². The fraction of sp³-hybridized carbons (Fsp3) is 0.360. The topological polar surface area (TPSA) is 96.5 Å². The number of ether oxygens (including phenoxy) is 1. The zero-order valence-corrected chi connectivity index (χ0v) is 20.9. The van der Waals surface area contributed by atoms with Crippen LogP contribution in [0.3, 0.4) is 0 Å². The minimum Gasteiger partial charge on any atom is -0.492 e. The molecule has 0 saturated heterocycles. The van der Waals surface area contributed by atoms with Crippen molar-refractivity contribution in [2.45, 2.75) is 33.6 Å². The Labute approximate surface area is 203 Å². The highest BCUT2D eigenvalue weighted by Gasteiger charge is 2.28. The number of nitrogens with one attached hydrogen (secondary N) is 2. The molecule has 2 N–H and O–H groups in total. The second kappa shape index (κ2) is 9.90. The number of hydrogen-bond donors (Lipinski definition) is 2. The molecule has 0 radical (unpaired) electrons. The molecular formula is C25H29N5O3S. The number of benzene rings is 1. The van der Waals surface area contributed by atoms with Gasteiger partial charge in [-0.15, -0.1) is 11.3 Å². The highest BCUT2D eigenvalue weighted by atomic mass is 32.1. The molecule has 3 heterocycles. The number of likely N-dealkylation sites (N-methyl/N-ethyl adjacent to an activating group) is 1. The summed E-state index contributed by atoms with van der Waals surface area (Å²) in [6.45, 7) is 7.21. The molecule has 9 heteroatoms. The van der Waals surface area contributed by atoms with Gasteiger partial charge in [-0.2, -0.15) is 0 Å². The zero-order chi connectivity index (χ0) is 24.4. The summed E-state index contributed by atoms with van der Waals surface area (Å²) in [6.07, 6.45) is 1.62. The molecule has 178 valence electrons. The third-order valence-corrected chi connectivity index (χ3v) is 6.88. The van der Waals surface area contributed by atoms with E-state index in [2.05, 4.69) is 22.5 Å². The first-order chi connectivity index (χ1) is 16.3. The van der Waals surface area contributed by atoms with Crippen molar-refractivity contribution in [3.63, 3.8) is 0 Å². The molecule has 0 fully saturated rings. The molecule has 2 aromatic heterocycles. The molecule has 0 saturated carbocycles. The van der Waals surface area contributed by atoms with Crippen LogP contribution in [-0.2, 0) is 16.0 Å². The van der Waals surface area contributed by atoms with Crippen molar-refractivity contribution in [2.24, 2.45) is 0 Å². The first kappa shape index (κ1) is 23.8. The summed E-state index contributed by atoms with van der Waals surface area (Å²) in [7, 11) is 4.03. The monoisotopic (exact) mass is 479 g/mol. The fourth-order valence-electron chi connectivity index (χ4n) is 3.74. The number of carbonyl (C=O) groups is 2. The van der Waals surface area contributed by atoms with Crippen LogP contribution in [0.15, 0.2) is 35.5 Å². The van der Waals surface area contributed by atoms with Gasteiger partial charge in [-0.25, -0.2) is 9.97 Å². The Bertz CT molecular complexity index is 1280. The summed E-state index contributed by atoms with van der Waals surface area (Å²) in [5.41, 5.74) is 2.67. The van der Waals surface area contributed by atoms with Gasteiger partial charge in [-0.05, 0) is 69.8 Å². The number of amides is 2. The van der Waals surface area contributed by atoms with Gasteiger partial charge in [0.05, 0.1) is 5.39 Å². The van der Waals surface area contributed by atoms with Gasteiger partial charge in [0, 0.05) is 23.4 Å². The summed E-state index contributed by atoms with van der Waals surface area (Å²) in [5.74, 6) is 1.26. The van der Waals surface area contributed by atoms with Crippen molar-refractivity contribution >= 4 is 39.2 Å². The number of fused-ring (bicyclic) bond motifs is 1. The first-order valence-electron chi connectivity index (χ1n) is 11.3. The van der Waals surface area contributed by atoms with Crippen LogP contribution in [0.1, 0.15) is 31.7 Å². The van der Waals surface area contributed by atoms with Gasteiger partial charge in [-0.3, -0.25) is 14.9 Å². The molecule has 0 unspecified atom stereocenters. The van der Waals surface area contributed by atoms with Crippen molar-refractivity contribution in [2.75, 3.05) is 32.6 Å². The number of anilines is 1. The van der Waals surface area contributed by atoms with Gasteiger partial charge in [0.15, 0.2) is 0 Å². The average Bonchev–Trinajstić information content (AvgIpc) is 3.25. The summed E-state index contributed by atoms with van der Waals surface area (Å²) in [4.78, 5) is 37.7. The number of aromatic nitrogens is 2. The third-order valence-electron chi connectivity index (χ3n) is 5.65. The standard InChI is InChI=1S/C25H29N5O3S/c1-6-7-18-26-22(28-20-15(3)23(31)29-24(20)32)19-14(2)21(34-25(19)27-18)16-8-10-17(11-9-16)33-13-12-30(4)5/h8-11H,6-7,12-13H2,1-5H3,(H2,26,27,28,29,31,32). The molecule has 0 spiro atoms. The van der Waals surface area contributed by atoms with Crippen molar-refractivity contribution in [1.82, 2.24) is 20.2 Å². The van der Waals surface area contributed by atoms with Gasteiger partial charge in [0.25, 0.3) is 11.8 Å². The highest BCUT2D eigenvalue weighted by Crippen LogP contribution is 2.41. The number of aryl methyl sites for hydroxylation is 2. The molecule has 0 atom stereocenters. The summed E-state index contributed by atoms with van der Waals surface area (Å²) in [5, 5.41) is 6.32. The van der Waals surface area contributed by atoms with Crippen LogP contribution in [0.5, 0.6) is 5.75 Å². The average molecular weight is 480 g/mol. The van der Waals surface area contributed by atoms with Gasteiger partial charge >= 0.3 is 0 Å². The summed E-state index contributed by atoms with van der Waals surface area (Å²) < 4.78 is 5.82. The molecular weight excluding hydrogens is 450 g/mol. The van der Waals surface area contributed by atoms with Gasteiger partial charge in [0.2, 0.25) is 0 Å². The molecule has 34 heavy (non-hydrogen) atoms. The van der Waals surface area contributed by atoms with Crippen LogP contribution in [-0.4, -0.2) is 53.9 Å². The number of imide groups is 1. The van der Waals surface area contributed by atoms with Crippen LogP contribution < -0.4 is 15.4 Å². The first-order valence-corrected chi connectivity index (χ1v) is 12.1. The van der Waals surface area contributed by atoms with E-state index in [0.717, 1.165) is 51.4 Å². The lowest BCUT2D eigenvalue weighted by atomic mass is 10.1. The van der Waals surface area contributed by atoms with E-state index < -0.39 is 5.91 Å². The predicted molar refractivity (Wildman–Crippen MR) is 135 cm³/mol. The second-order valence-corrected chi connectivity index (χ2v) is 9.56. The number of nitrogens with zero attached hydrogens (tertiary/aromatic N) is 3. The molecule has 0 bridgehead atoms. The van der Waals surface area contributed by atoms with Crippen LogP contribution in [0.4, 0.5) is 5.82 Å². The van der Waals surface area contributed by atoms with Crippen LogP contribution in [0.25, 0.3) is 20.7 Å². The van der Waals surface area contributed by atoms with E-state index in [1.807, 2.05) is 45.3 Å². The van der Waals surface area contributed by atoms with E-state index in [9.17, 15) is 9.59 Å².